The summed E-state index contributed by atoms with van der Waals surface area (Å²) in [6.07, 6.45) is 0. The zero-order valence-corrected chi connectivity index (χ0v) is 10.7. The molecule has 1 aromatic carbocycles. The molecule has 17 heavy (non-hydrogen) atoms. The average molecular weight is 251 g/mol. The first kappa shape index (κ1) is 12.0. The molecule has 5 nitrogen and oxygen atoms in total. The van der Waals surface area contributed by atoms with Gasteiger partial charge in [-0.25, -0.2) is 9.59 Å². The number of fused-ring (bicyclic) bond motifs is 1. The molecule has 2 rings (SSSR count). The van der Waals surface area contributed by atoms with E-state index in [2.05, 4.69) is 4.74 Å². The van der Waals surface area contributed by atoms with Crippen LogP contribution in [0, 0.1) is 6.92 Å². The number of carbonyl (C=O) groups is 2. The van der Waals surface area contributed by atoms with Crippen LogP contribution in [0.4, 0.5) is 0 Å². The fourth-order valence-electron chi connectivity index (χ4n) is 1.83. The molecule has 1 aromatic rings. The Bertz CT molecular complexity index is 493. The van der Waals surface area contributed by atoms with Crippen LogP contribution >= 0.6 is 0 Å². The van der Waals surface area contributed by atoms with Crippen molar-refractivity contribution in [2.24, 2.45) is 0 Å². The summed E-state index contributed by atoms with van der Waals surface area (Å²) >= 11 is 0. The van der Waals surface area contributed by atoms with E-state index in [9.17, 15) is 9.59 Å². The van der Waals surface area contributed by atoms with Gasteiger partial charge in [0.15, 0.2) is 0 Å². The van der Waals surface area contributed by atoms with Crippen molar-refractivity contribution in [1.82, 2.24) is 0 Å². The minimum Gasteiger partial charge on any atom is -0.393 e. The highest BCUT2D eigenvalue weighted by atomic mass is 28.3. The van der Waals surface area contributed by atoms with Crippen molar-refractivity contribution < 1.29 is 23.2 Å². The number of esters is 2. The van der Waals surface area contributed by atoms with Crippen LogP contribution < -0.4 is 5.19 Å². The molecule has 1 radical (unpaired) electrons. The van der Waals surface area contributed by atoms with E-state index in [0.29, 0.717) is 5.19 Å². The van der Waals surface area contributed by atoms with Crippen molar-refractivity contribution in [2.75, 3.05) is 14.2 Å². The number of hydrogen-bond acceptors (Lipinski definition) is 5. The molecule has 0 aromatic heterocycles. The maximum absolute atomic E-state index is 11.6. The summed E-state index contributed by atoms with van der Waals surface area (Å²) in [6, 6.07) is 3.35. The highest BCUT2D eigenvalue weighted by molar-refractivity contribution is 6.64. The number of rotatable bonds is 3. The van der Waals surface area contributed by atoms with Gasteiger partial charge in [-0.2, -0.15) is 0 Å². The lowest BCUT2D eigenvalue weighted by molar-refractivity contribution is 0.0444. The largest absolute Gasteiger partial charge is 0.424 e. The van der Waals surface area contributed by atoms with Gasteiger partial charge in [0.1, 0.15) is 0 Å². The van der Waals surface area contributed by atoms with Crippen LogP contribution in [-0.2, 0) is 13.6 Å². The summed E-state index contributed by atoms with van der Waals surface area (Å²) in [6.45, 7) is 1.84. The standard InChI is InChI=1S/C11H11O5Si/c1-6-4-5-7-8(11(13)16-10(7)12)9(6)17(14-2)15-3/h4-5H,1-3H3. The molecule has 1 aliphatic heterocycles. The Labute approximate surface area is 100 Å². The van der Waals surface area contributed by atoms with E-state index in [1.165, 1.54) is 14.2 Å². The Morgan fingerprint density at radius 1 is 1.12 bits per heavy atom. The average Bonchev–Trinajstić information content (AvgIpc) is 2.59. The SMILES string of the molecule is CO[Si](OC)c1c(C)ccc2c1C(=O)OC2=O. The Hall–Kier alpha value is -1.50. The fourth-order valence-corrected chi connectivity index (χ4v) is 3.25. The van der Waals surface area contributed by atoms with Gasteiger partial charge in [-0.3, -0.25) is 0 Å². The topological polar surface area (TPSA) is 61.8 Å². The minimum atomic E-state index is -1.76. The number of aryl methyl sites for hydroxylation is 1. The molecule has 0 N–H and O–H groups in total. The third kappa shape index (κ3) is 1.80. The number of benzene rings is 1. The number of cyclic esters (lactones) is 2. The molecule has 0 aliphatic carbocycles. The van der Waals surface area contributed by atoms with E-state index in [4.69, 9.17) is 8.85 Å². The van der Waals surface area contributed by atoms with E-state index in [-0.39, 0.29) is 11.1 Å². The van der Waals surface area contributed by atoms with Gasteiger partial charge >= 0.3 is 21.2 Å². The van der Waals surface area contributed by atoms with Crippen LogP contribution in [0.15, 0.2) is 12.1 Å². The maximum atomic E-state index is 11.6. The molecule has 0 amide bonds. The van der Waals surface area contributed by atoms with E-state index in [1.807, 2.05) is 6.92 Å². The fraction of sp³-hybridized carbons (Fsp3) is 0.273. The molecule has 6 heteroatoms. The first-order valence-electron chi connectivity index (χ1n) is 4.95. The van der Waals surface area contributed by atoms with E-state index >= 15 is 0 Å². The Kier molecular flexibility index (Phi) is 3.10. The molecule has 0 fully saturated rings. The summed E-state index contributed by atoms with van der Waals surface area (Å²) < 4.78 is 15.1. The molecule has 89 valence electrons. The summed E-state index contributed by atoms with van der Waals surface area (Å²) in [7, 11) is 1.26. The monoisotopic (exact) mass is 251 g/mol. The van der Waals surface area contributed by atoms with Gasteiger partial charge in [-0.05, 0) is 18.6 Å². The van der Waals surface area contributed by atoms with Crippen LogP contribution in [0.5, 0.6) is 0 Å². The molecule has 0 saturated carbocycles. The third-order valence-corrected chi connectivity index (χ3v) is 4.39. The summed E-state index contributed by atoms with van der Waals surface area (Å²) in [4.78, 5) is 23.1. The number of carbonyl (C=O) groups excluding carboxylic acids is 2. The molecule has 0 atom stereocenters. The van der Waals surface area contributed by atoms with Gasteiger partial charge in [0.25, 0.3) is 0 Å². The molecule has 0 spiro atoms. The maximum Gasteiger partial charge on any atom is 0.424 e. The molecule has 0 unspecified atom stereocenters. The molecule has 1 heterocycles. The number of hydrogen-bond donors (Lipinski definition) is 0. The number of ether oxygens (including phenoxy) is 1. The van der Waals surface area contributed by atoms with E-state index in [0.717, 1.165) is 5.56 Å². The lowest BCUT2D eigenvalue weighted by Gasteiger charge is -2.14. The normalized spacial score (nSPS) is 14.1. The molecular weight excluding hydrogens is 240 g/mol. The second kappa shape index (κ2) is 4.40. The second-order valence-corrected chi connectivity index (χ2v) is 5.44. The highest BCUT2D eigenvalue weighted by Gasteiger charge is 2.37. The summed E-state index contributed by atoms with van der Waals surface area (Å²) in [5.74, 6) is -1.24. The van der Waals surface area contributed by atoms with Crippen molar-refractivity contribution in [3.05, 3.63) is 28.8 Å². The van der Waals surface area contributed by atoms with Crippen molar-refractivity contribution in [1.29, 1.82) is 0 Å². The van der Waals surface area contributed by atoms with Gasteiger partial charge in [-0.15, -0.1) is 0 Å². The van der Waals surface area contributed by atoms with Crippen LogP contribution in [-0.4, -0.2) is 35.4 Å². The lowest BCUT2D eigenvalue weighted by atomic mass is 10.1. The zero-order chi connectivity index (χ0) is 12.6. The zero-order valence-electron chi connectivity index (χ0n) is 9.70. The second-order valence-electron chi connectivity index (χ2n) is 3.55. The van der Waals surface area contributed by atoms with Crippen molar-refractivity contribution in [3.63, 3.8) is 0 Å². The van der Waals surface area contributed by atoms with Crippen molar-refractivity contribution >= 4 is 26.4 Å². The van der Waals surface area contributed by atoms with Gasteiger partial charge in [-0.1, -0.05) is 6.07 Å². The predicted molar refractivity (Wildman–Crippen MR) is 60.3 cm³/mol. The predicted octanol–water partition coefficient (Wildman–Crippen LogP) is 0.294. The Balaban J connectivity index is 2.67. The van der Waals surface area contributed by atoms with Gasteiger partial charge in [0.2, 0.25) is 0 Å². The Morgan fingerprint density at radius 3 is 2.35 bits per heavy atom. The summed E-state index contributed by atoms with van der Waals surface area (Å²) in [5, 5.41) is 0.647. The third-order valence-electron chi connectivity index (χ3n) is 2.60. The molecule has 0 saturated heterocycles. The minimum absolute atomic E-state index is 0.284. The van der Waals surface area contributed by atoms with Crippen LogP contribution in [0.2, 0.25) is 0 Å². The van der Waals surface area contributed by atoms with Crippen molar-refractivity contribution in [2.45, 2.75) is 6.92 Å². The van der Waals surface area contributed by atoms with Crippen LogP contribution in [0.25, 0.3) is 0 Å². The highest BCUT2D eigenvalue weighted by Crippen LogP contribution is 2.20. The quantitative estimate of drug-likeness (QED) is 0.439. The summed E-state index contributed by atoms with van der Waals surface area (Å²) in [5.41, 5.74) is 1.42. The van der Waals surface area contributed by atoms with Gasteiger partial charge < -0.3 is 13.6 Å². The molecular formula is C11H11O5Si. The van der Waals surface area contributed by atoms with E-state index in [1.54, 1.807) is 12.1 Å². The molecule has 1 aliphatic rings. The van der Waals surface area contributed by atoms with E-state index < -0.39 is 21.2 Å². The van der Waals surface area contributed by atoms with Gasteiger partial charge in [0.05, 0.1) is 11.1 Å². The first-order valence-corrected chi connectivity index (χ1v) is 6.27. The smallest absolute Gasteiger partial charge is 0.393 e. The van der Waals surface area contributed by atoms with Crippen LogP contribution in [0.3, 0.4) is 0 Å². The Morgan fingerprint density at radius 2 is 1.76 bits per heavy atom. The van der Waals surface area contributed by atoms with Crippen molar-refractivity contribution in [3.8, 4) is 0 Å². The van der Waals surface area contributed by atoms with Crippen LogP contribution in [0.1, 0.15) is 26.3 Å². The molecule has 0 bridgehead atoms. The first-order chi connectivity index (χ1) is 8.10. The lowest BCUT2D eigenvalue weighted by Crippen LogP contribution is -2.40. The van der Waals surface area contributed by atoms with Gasteiger partial charge in [0, 0.05) is 19.4 Å².